The van der Waals surface area contributed by atoms with Crippen LogP contribution >= 0.6 is 24.0 Å². The SMILES string of the molecule is CN1CCN(c2nccn3c(-c4ccnc(CCc5cccc(Cl)c5)n4)cnc23)CC1.Cl. The maximum absolute atomic E-state index is 6.10. The summed E-state index contributed by atoms with van der Waals surface area (Å²) in [6.45, 7) is 3.95. The lowest BCUT2D eigenvalue weighted by Gasteiger charge is -2.33. The number of aromatic nitrogens is 5. The summed E-state index contributed by atoms with van der Waals surface area (Å²) < 4.78 is 2.07. The van der Waals surface area contributed by atoms with Gasteiger partial charge in [0.15, 0.2) is 11.5 Å². The van der Waals surface area contributed by atoms with Crippen LogP contribution in [0.3, 0.4) is 0 Å². The van der Waals surface area contributed by atoms with E-state index in [1.165, 1.54) is 5.56 Å². The molecule has 1 saturated heterocycles. The van der Waals surface area contributed by atoms with E-state index in [2.05, 4.69) is 37.3 Å². The Bertz CT molecular complexity index is 1200. The zero-order chi connectivity index (χ0) is 21.2. The van der Waals surface area contributed by atoms with Crippen molar-refractivity contribution >= 4 is 35.5 Å². The van der Waals surface area contributed by atoms with Gasteiger partial charge in [-0.25, -0.2) is 19.9 Å². The second-order valence-corrected chi connectivity index (χ2v) is 8.30. The Morgan fingerprint density at radius 1 is 0.969 bits per heavy atom. The van der Waals surface area contributed by atoms with Gasteiger partial charge in [-0.3, -0.25) is 4.40 Å². The van der Waals surface area contributed by atoms with Crippen molar-refractivity contribution in [1.82, 2.24) is 29.2 Å². The molecule has 0 atom stereocenters. The number of imidazole rings is 1. The lowest BCUT2D eigenvalue weighted by Crippen LogP contribution is -2.45. The van der Waals surface area contributed by atoms with Crippen LogP contribution in [-0.2, 0) is 12.8 Å². The number of rotatable bonds is 5. The summed E-state index contributed by atoms with van der Waals surface area (Å²) in [5, 5.41) is 0.752. The smallest absolute Gasteiger partial charge is 0.180 e. The van der Waals surface area contributed by atoms with Crippen LogP contribution in [0, 0.1) is 0 Å². The van der Waals surface area contributed by atoms with E-state index in [1.54, 1.807) is 0 Å². The van der Waals surface area contributed by atoms with Crippen LogP contribution in [-0.4, -0.2) is 62.5 Å². The molecule has 5 rings (SSSR count). The molecular formula is C23H25Cl2N7. The summed E-state index contributed by atoms with van der Waals surface area (Å²) in [5.74, 6) is 1.73. The topological polar surface area (TPSA) is 62.5 Å². The van der Waals surface area contributed by atoms with Crippen molar-refractivity contribution in [3.05, 3.63) is 71.5 Å². The number of hydrogen-bond acceptors (Lipinski definition) is 6. The van der Waals surface area contributed by atoms with Crippen LogP contribution in [0.5, 0.6) is 0 Å². The molecule has 4 aromatic rings. The van der Waals surface area contributed by atoms with E-state index in [9.17, 15) is 0 Å². The largest absolute Gasteiger partial charge is 0.351 e. The molecule has 32 heavy (non-hydrogen) atoms. The van der Waals surface area contributed by atoms with Crippen LogP contribution in [0.25, 0.3) is 17.0 Å². The zero-order valence-corrected chi connectivity index (χ0v) is 19.4. The number of anilines is 1. The highest BCUT2D eigenvalue weighted by molar-refractivity contribution is 6.30. The monoisotopic (exact) mass is 469 g/mol. The molecule has 0 saturated carbocycles. The Morgan fingerprint density at radius 3 is 2.62 bits per heavy atom. The van der Waals surface area contributed by atoms with Gasteiger partial charge in [0, 0.05) is 56.2 Å². The van der Waals surface area contributed by atoms with E-state index in [-0.39, 0.29) is 12.4 Å². The van der Waals surface area contributed by atoms with Crippen molar-refractivity contribution in [2.45, 2.75) is 12.8 Å². The number of likely N-dealkylation sites (N-methyl/N-ethyl adjacent to an activating group) is 1. The van der Waals surface area contributed by atoms with E-state index in [0.717, 1.165) is 72.7 Å². The van der Waals surface area contributed by atoms with Crippen molar-refractivity contribution in [2.24, 2.45) is 0 Å². The lowest BCUT2D eigenvalue weighted by molar-refractivity contribution is 0.312. The Labute approximate surface area is 198 Å². The van der Waals surface area contributed by atoms with Gasteiger partial charge in [0.25, 0.3) is 0 Å². The summed E-state index contributed by atoms with van der Waals surface area (Å²) >= 11 is 6.10. The second-order valence-electron chi connectivity index (χ2n) is 7.87. The molecule has 0 bridgehead atoms. The number of aryl methyl sites for hydroxylation is 2. The van der Waals surface area contributed by atoms with Crippen molar-refractivity contribution in [2.75, 3.05) is 38.1 Å². The van der Waals surface area contributed by atoms with Crippen LogP contribution in [0.15, 0.2) is 55.1 Å². The predicted molar refractivity (Wildman–Crippen MR) is 130 cm³/mol. The summed E-state index contributed by atoms with van der Waals surface area (Å²) in [6, 6.07) is 9.86. The van der Waals surface area contributed by atoms with E-state index in [1.807, 2.05) is 49.1 Å². The predicted octanol–water partition coefficient (Wildman–Crippen LogP) is 3.80. The van der Waals surface area contributed by atoms with Crippen molar-refractivity contribution in [3.63, 3.8) is 0 Å². The van der Waals surface area contributed by atoms with Crippen molar-refractivity contribution in [1.29, 1.82) is 0 Å². The molecule has 1 fully saturated rings. The number of benzene rings is 1. The van der Waals surface area contributed by atoms with Crippen molar-refractivity contribution < 1.29 is 0 Å². The van der Waals surface area contributed by atoms with E-state index < -0.39 is 0 Å². The minimum atomic E-state index is 0. The van der Waals surface area contributed by atoms with Gasteiger partial charge in [-0.15, -0.1) is 12.4 Å². The fourth-order valence-electron chi connectivity index (χ4n) is 3.95. The van der Waals surface area contributed by atoms with E-state index >= 15 is 0 Å². The molecule has 0 amide bonds. The van der Waals surface area contributed by atoms with Crippen LogP contribution in [0.4, 0.5) is 5.82 Å². The highest BCUT2D eigenvalue weighted by atomic mass is 35.5. The summed E-state index contributed by atoms with van der Waals surface area (Å²) in [5.41, 5.74) is 3.85. The fourth-order valence-corrected chi connectivity index (χ4v) is 4.16. The van der Waals surface area contributed by atoms with Gasteiger partial charge >= 0.3 is 0 Å². The number of piperazine rings is 1. The van der Waals surface area contributed by atoms with Gasteiger partial charge in [0.1, 0.15) is 5.82 Å². The lowest BCUT2D eigenvalue weighted by atomic mass is 10.1. The Hall–Kier alpha value is -2.74. The normalized spacial score (nSPS) is 14.5. The summed E-state index contributed by atoms with van der Waals surface area (Å²) in [7, 11) is 2.15. The first-order chi connectivity index (χ1) is 15.2. The molecule has 0 radical (unpaired) electrons. The number of halogens is 2. The standard InChI is InChI=1S/C23H24ClN7.ClH/c1-29-11-13-30(14-12-29)22-23-27-16-20(31(23)10-9-26-22)19-7-8-25-21(28-19)6-5-17-3-2-4-18(24)15-17;/h2-4,7-10,15-16H,5-6,11-14H2,1H3;1H. The molecule has 1 aromatic carbocycles. The molecule has 7 nitrogen and oxygen atoms in total. The zero-order valence-electron chi connectivity index (χ0n) is 17.9. The van der Waals surface area contributed by atoms with Gasteiger partial charge in [-0.1, -0.05) is 23.7 Å². The highest BCUT2D eigenvalue weighted by Gasteiger charge is 2.20. The fraction of sp³-hybridized carbons (Fsp3) is 0.304. The van der Waals surface area contributed by atoms with Gasteiger partial charge in [0.2, 0.25) is 0 Å². The van der Waals surface area contributed by atoms with E-state index in [0.29, 0.717) is 0 Å². The first-order valence-corrected chi connectivity index (χ1v) is 10.9. The first-order valence-electron chi connectivity index (χ1n) is 10.5. The molecular weight excluding hydrogens is 445 g/mol. The maximum Gasteiger partial charge on any atom is 0.180 e. The molecule has 0 unspecified atom stereocenters. The molecule has 1 aliphatic heterocycles. The van der Waals surface area contributed by atoms with Gasteiger partial charge < -0.3 is 9.80 Å². The summed E-state index contributed by atoms with van der Waals surface area (Å²) in [4.78, 5) is 23.2. The van der Waals surface area contributed by atoms with Gasteiger partial charge in [-0.2, -0.15) is 0 Å². The molecule has 9 heteroatoms. The molecule has 1 aliphatic rings. The third kappa shape index (κ3) is 4.70. The maximum atomic E-state index is 6.10. The molecule has 0 spiro atoms. The minimum Gasteiger partial charge on any atom is -0.351 e. The van der Waals surface area contributed by atoms with E-state index in [4.69, 9.17) is 21.6 Å². The Kier molecular flexibility index (Phi) is 6.89. The highest BCUT2D eigenvalue weighted by Crippen LogP contribution is 2.25. The molecule has 0 N–H and O–H groups in total. The molecule has 0 aliphatic carbocycles. The second kappa shape index (κ2) is 9.81. The van der Waals surface area contributed by atoms with Crippen molar-refractivity contribution in [3.8, 4) is 11.4 Å². The third-order valence-corrected chi connectivity index (χ3v) is 5.94. The molecule has 166 valence electrons. The number of hydrogen-bond donors (Lipinski definition) is 0. The van der Waals surface area contributed by atoms with Crippen LogP contribution in [0.2, 0.25) is 5.02 Å². The average Bonchev–Trinajstić information content (AvgIpc) is 3.23. The minimum absolute atomic E-state index is 0. The molecule has 3 aromatic heterocycles. The third-order valence-electron chi connectivity index (χ3n) is 5.71. The quantitative estimate of drug-likeness (QED) is 0.442. The van der Waals surface area contributed by atoms with Gasteiger partial charge in [0.05, 0.1) is 17.6 Å². The molecule has 4 heterocycles. The number of nitrogens with zero attached hydrogens (tertiary/aromatic N) is 7. The van der Waals surface area contributed by atoms with Gasteiger partial charge in [-0.05, 0) is 37.2 Å². The van der Waals surface area contributed by atoms with Crippen LogP contribution < -0.4 is 4.90 Å². The first kappa shape index (κ1) is 22.5. The Balaban J connectivity index is 0.00000245. The summed E-state index contributed by atoms with van der Waals surface area (Å²) in [6.07, 6.45) is 9.07. The average molecular weight is 470 g/mol. The number of fused-ring (bicyclic) bond motifs is 1. The Morgan fingerprint density at radius 2 is 1.81 bits per heavy atom. The van der Waals surface area contributed by atoms with Crippen LogP contribution in [0.1, 0.15) is 11.4 Å².